The van der Waals surface area contributed by atoms with Crippen molar-refractivity contribution in [1.82, 2.24) is 4.98 Å². The van der Waals surface area contributed by atoms with Gasteiger partial charge < -0.3 is 10.5 Å². The lowest BCUT2D eigenvalue weighted by atomic mass is 9.99. The third kappa shape index (κ3) is 2.52. The number of nitrogens with zero attached hydrogens (tertiary/aromatic N) is 1. The number of aromatic nitrogens is 1. The highest BCUT2D eigenvalue weighted by Crippen LogP contribution is 2.30. The Bertz CT molecular complexity index is 562. The van der Waals surface area contributed by atoms with Gasteiger partial charge in [0.2, 0.25) is 0 Å². The smallest absolute Gasteiger partial charge is 0.142 e. The summed E-state index contributed by atoms with van der Waals surface area (Å²) in [6, 6.07) is 5.81. The highest BCUT2D eigenvalue weighted by Gasteiger charge is 2.17. The number of pyridine rings is 1. The van der Waals surface area contributed by atoms with Gasteiger partial charge in [-0.3, -0.25) is 4.98 Å². The number of nitrogens with two attached hydrogens (primary N) is 1. The van der Waals surface area contributed by atoms with Gasteiger partial charge in [0.1, 0.15) is 11.6 Å². The predicted molar refractivity (Wildman–Crippen MR) is 70.9 cm³/mol. The zero-order valence-electron chi connectivity index (χ0n) is 9.73. The monoisotopic (exact) mass is 310 g/mol. The van der Waals surface area contributed by atoms with E-state index < -0.39 is 6.04 Å². The summed E-state index contributed by atoms with van der Waals surface area (Å²) in [7, 11) is 1.53. The lowest BCUT2D eigenvalue weighted by Crippen LogP contribution is -2.15. The maximum atomic E-state index is 13.8. The molecule has 5 heteroatoms. The summed E-state index contributed by atoms with van der Waals surface area (Å²) in [5.74, 6) is 0.203. The molecular formula is C13H12BrFN2O. The summed E-state index contributed by atoms with van der Waals surface area (Å²) in [6.07, 6.45) is 3.17. The van der Waals surface area contributed by atoms with Crippen molar-refractivity contribution >= 4 is 15.9 Å². The van der Waals surface area contributed by atoms with Gasteiger partial charge >= 0.3 is 0 Å². The molecule has 18 heavy (non-hydrogen) atoms. The molecule has 0 radical (unpaired) electrons. The Morgan fingerprint density at radius 2 is 2.11 bits per heavy atom. The first-order valence-electron chi connectivity index (χ1n) is 5.32. The van der Waals surface area contributed by atoms with Crippen LogP contribution in [0.2, 0.25) is 0 Å². The lowest BCUT2D eigenvalue weighted by Gasteiger charge is -2.16. The minimum atomic E-state index is -0.597. The Balaban J connectivity index is 2.47. The van der Waals surface area contributed by atoms with Crippen LogP contribution in [0, 0.1) is 5.82 Å². The minimum Gasteiger partial charge on any atom is -0.495 e. The Kier molecular flexibility index (Phi) is 3.93. The molecule has 0 spiro atoms. The molecule has 2 aromatic rings. The van der Waals surface area contributed by atoms with Crippen molar-refractivity contribution in [2.24, 2.45) is 5.73 Å². The number of methoxy groups -OCH3 is 1. The molecular weight excluding hydrogens is 299 g/mol. The molecule has 0 fully saturated rings. The fourth-order valence-electron chi connectivity index (χ4n) is 1.74. The summed E-state index contributed by atoms with van der Waals surface area (Å²) in [6.45, 7) is 0. The molecule has 2 N–H and O–H groups in total. The van der Waals surface area contributed by atoms with Crippen LogP contribution in [-0.2, 0) is 0 Å². The van der Waals surface area contributed by atoms with Crippen molar-refractivity contribution in [3.63, 3.8) is 0 Å². The van der Waals surface area contributed by atoms with Crippen LogP contribution >= 0.6 is 15.9 Å². The normalized spacial score (nSPS) is 12.2. The molecule has 0 aliphatic heterocycles. The Morgan fingerprint density at radius 1 is 1.33 bits per heavy atom. The maximum absolute atomic E-state index is 13.8. The van der Waals surface area contributed by atoms with Crippen LogP contribution in [0.25, 0.3) is 0 Å². The second kappa shape index (κ2) is 5.46. The van der Waals surface area contributed by atoms with E-state index in [1.165, 1.54) is 13.2 Å². The number of hydrogen-bond acceptors (Lipinski definition) is 3. The fraction of sp³-hybridized carbons (Fsp3) is 0.154. The van der Waals surface area contributed by atoms with Crippen LogP contribution in [-0.4, -0.2) is 12.1 Å². The molecule has 1 atom stereocenters. The van der Waals surface area contributed by atoms with Crippen LogP contribution in [0.1, 0.15) is 17.2 Å². The van der Waals surface area contributed by atoms with Gasteiger partial charge in [0.05, 0.1) is 19.3 Å². The van der Waals surface area contributed by atoms with Crippen LogP contribution < -0.4 is 10.5 Å². The number of halogens is 2. The minimum absolute atomic E-state index is 0.343. The molecule has 1 aromatic heterocycles. The standard InChI is InChI=1S/C13H12BrFN2O/c1-18-12-7-17-5-4-9(12)13(16)10-6-8(14)2-3-11(10)15/h2-7,13H,16H2,1H3. The van der Waals surface area contributed by atoms with Crippen molar-refractivity contribution in [2.45, 2.75) is 6.04 Å². The molecule has 0 saturated heterocycles. The second-order valence-corrected chi connectivity index (χ2v) is 4.68. The van der Waals surface area contributed by atoms with Crippen LogP contribution in [0.3, 0.4) is 0 Å². The van der Waals surface area contributed by atoms with Gasteiger partial charge in [-0.2, -0.15) is 0 Å². The molecule has 0 aliphatic carbocycles. The SMILES string of the molecule is COc1cnccc1C(N)c1cc(Br)ccc1F. The quantitative estimate of drug-likeness (QED) is 0.948. The molecule has 0 saturated carbocycles. The van der Waals surface area contributed by atoms with Crippen molar-refractivity contribution in [2.75, 3.05) is 7.11 Å². The lowest BCUT2D eigenvalue weighted by molar-refractivity contribution is 0.405. The summed E-state index contributed by atoms with van der Waals surface area (Å²) in [5, 5.41) is 0. The van der Waals surface area contributed by atoms with E-state index in [1.54, 1.807) is 30.6 Å². The molecule has 1 heterocycles. The fourth-order valence-corrected chi connectivity index (χ4v) is 2.12. The molecule has 94 valence electrons. The number of benzene rings is 1. The largest absolute Gasteiger partial charge is 0.495 e. The van der Waals surface area contributed by atoms with Crippen LogP contribution in [0.15, 0.2) is 41.1 Å². The van der Waals surface area contributed by atoms with Crippen molar-refractivity contribution in [3.05, 3.63) is 58.1 Å². The van der Waals surface area contributed by atoms with Gasteiger partial charge in [-0.15, -0.1) is 0 Å². The van der Waals surface area contributed by atoms with Gasteiger partial charge in [0.25, 0.3) is 0 Å². The van der Waals surface area contributed by atoms with E-state index >= 15 is 0 Å². The highest BCUT2D eigenvalue weighted by atomic mass is 79.9. The van der Waals surface area contributed by atoms with E-state index in [1.807, 2.05) is 0 Å². The average Bonchev–Trinajstić information content (AvgIpc) is 2.40. The van der Waals surface area contributed by atoms with Crippen molar-refractivity contribution in [3.8, 4) is 5.75 Å². The summed E-state index contributed by atoms with van der Waals surface area (Å²) in [5.41, 5.74) is 7.20. The van der Waals surface area contributed by atoms with E-state index in [0.717, 1.165) is 4.47 Å². The van der Waals surface area contributed by atoms with Gasteiger partial charge in [0, 0.05) is 21.8 Å². The molecule has 0 amide bonds. The van der Waals surface area contributed by atoms with Crippen molar-refractivity contribution < 1.29 is 9.13 Å². The van der Waals surface area contributed by atoms with Gasteiger partial charge in [-0.25, -0.2) is 4.39 Å². The van der Waals surface area contributed by atoms with E-state index in [-0.39, 0.29) is 5.82 Å². The third-order valence-corrected chi connectivity index (χ3v) is 3.16. The Labute approximate surface area is 113 Å². The molecule has 0 aliphatic rings. The topological polar surface area (TPSA) is 48.1 Å². The van der Waals surface area contributed by atoms with Gasteiger partial charge in [0.15, 0.2) is 0 Å². The van der Waals surface area contributed by atoms with Gasteiger partial charge in [-0.1, -0.05) is 15.9 Å². The third-order valence-electron chi connectivity index (χ3n) is 2.66. The zero-order chi connectivity index (χ0) is 13.1. The first-order chi connectivity index (χ1) is 8.63. The number of ether oxygens (including phenoxy) is 1. The molecule has 1 unspecified atom stereocenters. The Morgan fingerprint density at radius 3 is 2.83 bits per heavy atom. The maximum Gasteiger partial charge on any atom is 0.142 e. The zero-order valence-corrected chi connectivity index (χ0v) is 11.3. The number of hydrogen-bond donors (Lipinski definition) is 1. The summed E-state index contributed by atoms with van der Waals surface area (Å²) >= 11 is 3.31. The van der Waals surface area contributed by atoms with Crippen molar-refractivity contribution in [1.29, 1.82) is 0 Å². The average molecular weight is 311 g/mol. The summed E-state index contributed by atoms with van der Waals surface area (Å²) < 4.78 is 19.7. The van der Waals surface area contributed by atoms with E-state index in [9.17, 15) is 4.39 Å². The summed E-state index contributed by atoms with van der Waals surface area (Å²) in [4.78, 5) is 3.95. The molecule has 0 bridgehead atoms. The predicted octanol–water partition coefficient (Wildman–Crippen LogP) is 3.04. The van der Waals surface area contributed by atoms with Gasteiger partial charge in [-0.05, 0) is 24.3 Å². The van der Waals surface area contributed by atoms with E-state index in [0.29, 0.717) is 16.9 Å². The first-order valence-corrected chi connectivity index (χ1v) is 6.11. The second-order valence-electron chi connectivity index (χ2n) is 3.76. The number of rotatable bonds is 3. The molecule has 2 rings (SSSR count). The van der Waals surface area contributed by atoms with E-state index in [2.05, 4.69) is 20.9 Å². The molecule has 1 aromatic carbocycles. The first kappa shape index (κ1) is 13.0. The van der Waals surface area contributed by atoms with Crippen LogP contribution in [0.5, 0.6) is 5.75 Å². The molecule has 3 nitrogen and oxygen atoms in total. The highest BCUT2D eigenvalue weighted by molar-refractivity contribution is 9.10. The Hall–Kier alpha value is -1.46. The van der Waals surface area contributed by atoms with Crippen LogP contribution in [0.4, 0.5) is 4.39 Å². The van der Waals surface area contributed by atoms with E-state index in [4.69, 9.17) is 10.5 Å².